The van der Waals surface area contributed by atoms with E-state index in [9.17, 15) is 4.39 Å². The Labute approximate surface area is 128 Å². The summed E-state index contributed by atoms with van der Waals surface area (Å²) < 4.78 is 19.1. The molecule has 0 unspecified atom stereocenters. The normalized spacial score (nSPS) is 9.81. The molecular weight excluding hydrogens is 289 g/mol. The van der Waals surface area contributed by atoms with E-state index in [-0.39, 0.29) is 5.82 Å². The Kier molecular flexibility index (Phi) is 6.05. The average Bonchev–Trinajstić information content (AvgIpc) is 2.48. The molecule has 0 aliphatic carbocycles. The van der Waals surface area contributed by atoms with Gasteiger partial charge in [-0.3, -0.25) is 4.98 Å². The average molecular weight is 304 g/mol. The first-order valence-electron chi connectivity index (χ1n) is 6.65. The minimum Gasteiger partial charge on any atom is -0.493 e. The fourth-order valence-corrected chi connectivity index (χ4v) is 1.86. The molecule has 0 saturated heterocycles. The molecule has 1 heterocycles. The van der Waals surface area contributed by atoms with Gasteiger partial charge in [-0.15, -0.1) is 11.6 Å². The van der Waals surface area contributed by atoms with Crippen molar-refractivity contribution < 1.29 is 9.13 Å². The first-order chi connectivity index (χ1) is 10.3. The van der Waals surface area contributed by atoms with Gasteiger partial charge in [-0.25, -0.2) is 4.39 Å². The van der Waals surface area contributed by atoms with Crippen molar-refractivity contribution in [2.45, 2.75) is 12.8 Å². The zero-order valence-corrected chi connectivity index (χ0v) is 12.2. The van der Waals surface area contributed by atoms with Crippen LogP contribution in [0.3, 0.4) is 0 Å². The van der Waals surface area contributed by atoms with Crippen LogP contribution in [0.5, 0.6) is 5.75 Å². The summed E-state index contributed by atoms with van der Waals surface area (Å²) in [5.41, 5.74) is 1.67. The van der Waals surface area contributed by atoms with E-state index < -0.39 is 0 Å². The number of hydrogen-bond donors (Lipinski definition) is 0. The van der Waals surface area contributed by atoms with Crippen LogP contribution in [-0.4, -0.2) is 17.5 Å². The molecule has 0 radical (unpaired) electrons. The molecule has 1 aromatic carbocycles. The van der Waals surface area contributed by atoms with Crippen LogP contribution in [0.25, 0.3) is 0 Å². The monoisotopic (exact) mass is 303 g/mol. The standard InChI is InChI=1S/C17H15ClFNO/c18-7-2-1-4-15-10-16(19)12-17(11-15)21-9-6-14-5-3-8-20-13-14/h3,5,8,10-13H,2,6-7,9H2. The third kappa shape index (κ3) is 5.45. The maximum Gasteiger partial charge on any atom is 0.128 e. The van der Waals surface area contributed by atoms with Crippen LogP contribution >= 0.6 is 11.6 Å². The van der Waals surface area contributed by atoms with Gasteiger partial charge >= 0.3 is 0 Å². The molecule has 0 spiro atoms. The molecule has 4 heteroatoms. The van der Waals surface area contributed by atoms with Crippen molar-refractivity contribution in [3.63, 3.8) is 0 Å². The maximum atomic E-state index is 13.5. The Morgan fingerprint density at radius 1 is 1.29 bits per heavy atom. The minimum absolute atomic E-state index is 0.357. The van der Waals surface area contributed by atoms with Gasteiger partial charge in [0, 0.05) is 42.7 Å². The molecule has 0 bridgehead atoms. The largest absolute Gasteiger partial charge is 0.493 e. The number of alkyl halides is 1. The predicted molar refractivity (Wildman–Crippen MR) is 82.1 cm³/mol. The van der Waals surface area contributed by atoms with Gasteiger partial charge in [0.1, 0.15) is 11.6 Å². The Morgan fingerprint density at radius 3 is 2.95 bits per heavy atom. The topological polar surface area (TPSA) is 22.1 Å². The van der Waals surface area contributed by atoms with E-state index in [4.69, 9.17) is 16.3 Å². The van der Waals surface area contributed by atoms with Gasteiger partial charge in [-0.05, 0) is 23.8 Å². The highest BCUT2D eigenvalue weighted by Gasteiger charge is 2.01. The SMILES string of the molecule is Fc1cc(C#CCCCl)cc(OCCc2cccnc2)c1. The molecule has 0 aliphatic rings. The van der Waals surface area contributed by atoms with Crippen molar-refractivity contribution >= 4 is 11.6 Å². The van der Waals surface area contributed by atoms with Crippen molar-refractivity contribution in [2.75, 3.05) is 12.5 Å². The van der Waals surface area contributed by atoms with Gasteiger partial charge in [0.25, 0.3) is 0 Å². The van der Waals surface area contributed by atoms with Crippen molar-refractivity contribution in [2.24, 2.45) is 0 Å². The van der Waals surface area contributed by atoms with Crippen LogP contribution < -0.4 is 4.74 Å². The molecule has 0 amide bonds. The van der Waals surface area contributed by atoms with Crippen LogP contribution in [0.15, 0.2) is 42.7 Å². The lowest BCUT2D eigenvalue weighted by Gasteiger charge is -2.07. The van der Waals surface area contributed by atoms with Crippen molar-refractivity contribution in [3.05, 3.63) is 59.7 Å². The summed E-state index contributed by atoms with van der Waals surface area (Å²) in [6, 6.07) is 8.33. The van der Waals surface area contributed by atoms with Gasteiger partial charge in [0.2, 0.25) is 0 Å². The second-order valence-electron chi connectivity index (χ2n) is 4.38. The molecule has 21 heavy (non-hydrogen) atoms. The van der Waals surface area contributed by atoms with Crippen molar-refractivity contribution in [3.8, 4) is 17.6 Å². The number of hydrogen-bond acceptors (Lipinski definition) is 2. The number of benzene rings is 1. The lowest BCUT2D eigenvalue weighted by molar-refractivity contribution is 0.320. The van der Waals surface area contributed by atoms with Gasteiger partial charge in [-0.1, -0.05) is 17.9 Å². The molecule has 2 rings (SSSR count). The fraction of sp³-hybridized carbons (Fsp3) is 0.235. The third-order valence-electron chi connectivity index (χ3n) is 2.71. The zero-order chi connectivity index (χ0) is 14.9. The maximum absolute atomic E-state index is 13.5. The summed E-state index contributed by atoms with van der Waals surface area (Å²) in [5, 5.41) is 0. The molecule has 0 N–H and O–H groups in total. The second kappa shape index (κ2) is 8.28. The summed E-state index contributed by atoms with van der Waals surface area (Å²) >= 11 is 5.55. The highest BCUT2D eigenvalue weighted by atomic mass is 35.5. The number of nitrogens with zero attached hydrogens (tertiary/aromatic N) is 1. The molecule has 108 valence electrons. The number of rotatable bonds is 5. The lowest BCUT2D eigenvalue weighted by Crippen LogP contribution is -2.02. The fourth-order valence-electron chi connectivity index (χ4n) is 1.76. The van der Waals surface area contributed by atoms with E-state index in [1.165, 1.54) is 12.1 Å². The highest BCUT2D eigenvalue weighted by molar-refractivity contribution is 6.18. The van der Waals surface area contributed by atoms with E-state index in [1.807, 2.05) is 12.1 Å². The van der Waals surface area contributed by atoms with Crippen LogP contribution in [0.1, 0.15) is 17.5 Å². The predicted octanol–water partition coefficient (Wildman–Crippen LogP) is 3.82. The molecule has 0 fully saturated rings. The van der Waals surface area contributed by atoms with E-state index >= 15 is 0 Å². The van der Waals surface area contributed by atoms with E-state index in [0.717, 1.165) is 12.0 Å². The molecular formula is C17H15ClFNO. The minimum atomic E-state index is -0.357. The molecule has 0 saturated carbocycles. The number of aromatic nitrogens is 1. The molecule has 0 aliphatic heterocycles. The number of halogens is 2. The number of ether oxygens (including phenoxy) is 1. The zero-order valence-electron chi connectivity index (χ0n) is 11.5. The Hall–Kier alpha value is -2.05. The van der Waals surface area contributed by atoms with Gasteiger partial charge in [0.15, 0.2) is 0 Å². The molecule has 2 nitrogen and oxygen atoms in total. The summed E-state index contributed by atoms with van der Waals surface area (Å²) in [5.74, 6) is 6.34. The Bertz CT molecular complexity index is 634. The second-order valence-corrected chi connectivity index (χ2v) is 4.75. The molecule has 0 atom stereocenters. The van der Waals surface area contributed by atoms with E-state index in [1.54, 1.807) is 18.5 Å². The Balaban J connectivity index is 1.95. The van der Waals surface area contributed by atoms with Crippen molar-refractivity contribution in [1.82, 2.24) is 4.98 Å². The summed E-state index contributed by atoms with van der Waals surface area (Å²) in [4.78, 5) is 4.04. The smallest absolute Gasteiger partial charge is 0.128 e. The first-order valence-corrected chi connectivity index (χ1v) is 7.18. The van der Waals surface area contributed by atoms with Crippen LogP contribution in [-0.2, 0) is 6.42 Å². The van der Waals surface area contributed by atoms with Gasteiger partial charge in [0.05, 0.1) is 6.61 Å². The molecule has 2 aromatic rings. The van der Waals surface area contributed by atoms with E-state index in [2.05, 4.69) is 16.8 Å². The summed E-state index contributed by atoms with van der Waals surface area (Å²) in [7, 11) is 0. The van der Waals surface area contributed by atoms with Crippen molar-refractivity contribution in [1.29, 1.82) is 0 Å². The quantitative estimate of drug-likeness (QED) is 0.619. The summed E-state index contributed by atoms with van der Waals surface area (Å²) in [6.07, 6.45) is 4.81. The first kappa shape index (κ1) is 15.3. The third-order valence-corrected chi connectivity index (χ3v) is 2.89. The van der Waals surface area contributed by atoms with Crippen LogP contribution in [0, 0.1) is 17.7 Å². The number of pyridine rings is 1. The van der Waals surface area contributed by atoms with Gasteiger partial charge < -0.3 is 4.74 Å². The Morgan fingerprint density at radius 2 is 2.19 bits per heavy atom. The lowest BCUT2D eigenvalue weighted by atomic mass is 10.2. The molecule has 1 aromatic heterocycles. The summed E-state index contributed by atoms with van der Waals surface area (Å²) in [6.45, 7) is 0.462. The van der Waals surface area contributed by atoms with Gasteiger partial charge in [-0.2, -0.15) is 0 Å². The van der Waals surface area contributed by atoms with Crippen LogP contribution in [0.4, 0.5) is 4.39 Å². The van der Waals surface area contributed by atoms with E-state index in [0.29, 0.717) is 30.2 Å². The van der Waals surface area contributed by atoms with Crippen LogP contribution in [0.2, 0.25) is 0 Å². The highest BCUT2D eigenvalue weighted by Crippen LogP contribution is 2.16.